The highest BCUT2D eigenvalue weighted by Gasteiger charge is 2.16. The summed E-state index contributed by atoms with van der Waals surface area (Å²) in [6.45, 7) is 8.34. The van der Waals surface area contributed by atoms with Crippen molar-refractivity contribution in [1.82, 2.24) is 0 Å². The van der Waals surface area contributed by atoms with Crippen LogP contribution >= 0.6 is 0 Å². The van der Waals surface area contributed by atoms with Gasteiger partial charge in [-0.2, -0.15) is 0 Å². The number of hydrogen-bond acceptors (Lipinski definition) is 2. The van der Waals surface area contributed by atoms with Crippen LogP contribution in [0.5, 0.6) is 5.75 Å². The van der Waals surface area contributed by atoms with E-state index in [0.717, 1.165) is 11.3 Å². The Bertz CT molecular complexity index is 348. The summed E-state index contributed by atoms with van der Waals surface area (Å²) in [5.41, 5.74) is 2.47. The zero-order valence-corrected chi connectivity index (χ0v) is 10.9. The van der Waals surface area contributed by atoms with E-state index in [1.807, 2.05) is 6.07 Å². The Morgan fingerprint density at radius 2 is 1.94 bits per heavy atom. The minimum Gasteiger partial charge on any atom is -0.496 e. The third kappa shape index (κ3) is 3.24. The van der Waals surface area contributed by atoms with E-state index in [2.05, 4.69) is 32.9 Å². The molecule has 0 aliphatic heterocycles. The standard InChI is InChI=1S/C14H22O2/c1-10(15)8-11-9-12(14(2,3)4)6-7-13(11)16-5/h6-7,9-10,15H,8H2,1-5H3. The minimum absolute atomic E-state index is 0.125. The van der Waals surface area contributed by atoms with Gasteiger partial charge < -0.3 is 9.84 Å². The van der Waals surface area contributed by atoms with Crippen molar-refractivity contribution in [3.05, 3.63) is 29.3 Å². The molecular formula is C14H22O2. The molecule has 0 saturated carbocycles. The van der Waals surface area contributed by atoms with E-state index in [9.17, 15) is 5.11 Å². The van der Waals surface area contributed by atoms with Gasteiger partial charge in [-0.05, 0) is 29.5 Å². The molecule has 0 fully saturated rings. The number of ether oxygens (including phenoxy) is 1. The third-order valence-electron chi connectivity index (χ3n) is 2.66. The summed E-state index contributed by atoms with van der Waals surface area (Å²) in [6.07, 6.45) is 0.289. The van der Waals surface area contributed by atoms with Gasteiger partial charge in [-0.25, -0.2) is 0 Å². The fourth-order valence-electron chi connectivity index (χ4n) is 1.72. The molecule has 1 N–H and O–H groups in total. The number of rotatable bonds is 3. The van der Waals surface area contributed by atoms with Gasteiger partial charge in [0.15, 0.2) is 0 Å². The van der Waals surface area contributed by atoms with E-state index in [-0.39, 0.29) is 11.5 Å². The molecule has 1 atom stereocenters. The molecule has 0 amide bonds. The second-order valence-corrected chi connectivity index (χ2v) is 5.33. The largest absolute Gasteiger partial charge is 0.496 e. The Balaban J connectivity index is 3.11. The van der Waals surface area contributed by atoms with E-state index in [1.165, 1.54) is 5.56 Å². The molecule has 2 heteroatoms. The SMILES string of the molecule is COc1ccc(C(C)(C)C)cc1CC(C)O. The van der Waals surface area contributed by atoms with Gasteiger partial charge in [-0.1, -0.05) is 32.9 Å². The maximum absolute atomic E-state index is 9.46. The zero-order valence-electron chi connectivity index (χ0n) is 10.9. The minimum atomic E-state index is -0.343. The maximum atomic E-state index is 9.46. The molecule has 1 aromatic carbocycles. The van der Waals surface area contributed by atoms with Crippen LogP contribution in [0.2, 0.25) is 0 Å². The summed E-state index contributed by atoms with van der Waals surface area (Å²) in [7, 11) is 1.66. The highest BCUT2D eigenvalue weighted by Crippen LogP contribution is 2.28. The molecule has 0 aliphatic rings. The first-order valence-electron chi connectivity index (χ1n) is 5.70. The first-order valence-corrected chi connectivity index (χ1v) is 5.70. The molecule has 0 aromatic heterocycles. The van der Waals surface area contributed by atoms with E-state index < -0.39 is 0 Å². The maximum Gasteiger partial charge on any atom is 0.122 e. The lowest BCUT2D eigenvalue weighted by Crippen LogP contribution is -2.13. The van der Waals surface area contributed by atoms with Crippen molar-refractivity contribution in [3.63, 3.8) is 0 Å². The number of aliphatic hydroxyl groups excluding tert-OH is 1. The van der Waals surface area contributed by atoms with Gasteiger partial charge in [-0.15, -0.1) is 0 Å². The van der Waals surface area contributed by atoms with Crippen molar-refractivity contribution in [2.45, 2.75) is 45.6 Å². The third-order valence-corrected chi connectivity index (χ3v) is 2.66. The number of benzene rings is 1. The average molecular weight is 222 g/mol. The molecule has 0 saturated heterocycles. The van der Waals surface area contributed by atoms with Crippen LogP contribution in [0.25, 0.3) is 0 Å². The Labute approximate surface area is 98.3 Å². The monoisotopic (exact) mass is 222 g/mol. The Kier molecular flexibility index (Phi) is 3.98. The molecule has 1 aromatic rings. The van der Waals surface area contributed by atoms with Crippen LogP contribution in [0.4, 0.5) is 0 Å². The average Bonchev–Trinajstić information content (AvgIpc) is 2.15. The summed E-state index contributed by atoms with van der Waals surface area (Å²) in [4.78, 5) is 0. The van der Waals surface area contributed by atoms with Gasteiger partial charge in [0.05, 0.1) is 13.2 Å². The molecule has 0 bridgehead atoms. The second kappa shape index (κ2) is 4.88. The summed E-state index contributed by atoms with van der Waals surface area (Å²) in [5.74, 6) is 0.855. The quantitative estimate of drug-likeness (QED) is 0.852. The van der Waals surface area contributed by atoms with Crippen LogP contribution in [0.15, 0.2) is 18.2 Å². The highest BCUT2D eigenvalue weighted by molar-refractivity contribution is 5.40. The van der Waals surface area contributed by atoms with E-state index in [4.69, 9.17) is 4.74 Å². The van der Waals surface area contributed by atoms with Crippen LogP contribution in [0.3, 0.4) is 0 Å². The van der Waals surface area contributed by atoms with Crippen molar-refractivity contribution >= 4 is 0 Å². The van der Waals surface area contributed by atoms with E-state index >= 15 is 0 Å². The number of methoxy groups -OCH3 is 1. The Hall–Kier alpha value is -1.02. The Morgan fingerprint density at radius 3 is 2.38 bits per heavy atom. The van der Waals surface area contributed by atoms with Gasteiger partial charge >= 0.3 is 0 Å². The molecule has 1 unspecified atom stereocenters. The molecule has 0 radical (unpaired) electrons. The summed E-state index contributed by atoms with van der Waals surface area (Å²) in [6, 6.07) is 6.20. The summed E-state index contributed by atoms with van der Waals surface area (Å²) in [5, 5.41) is 9.46. The highest BCUT2D eigenvalue weighted by atomic mass is 16.5. The summed E-state index contributed by atoms with van der Waals surface area (Å²) >= 11 is 0. The van der Waals surface area contributed by atoms with Crippen molar-refractivity contribution < 1.29 is 9.84 Å². The molecule has 90 valence electrons. The molecule has 2 nitrogen and oxygen atoms in total. The molecule has 0 heterocycles. The lowest BCUT2D eigenvalue weighted by atomic mass is 9.85. The van der Waals surface area contributed by atoms with E-state index in [1.54, 1.807) is 14.0 Å². The normalized spacial score (nSPS) is 13.6. The van der Waals surface area contributed by atoms with Gasteiger partial charge in [0.2, 0.25) is 0 Å². The van der Waals surface area contributed by atoms with Gasteiger partial charge in [0, 0.05) is 6.42 Å². The van der Waals surface area contributed by atoms with E-state index in [0.29, 0.717) is 6.42 Å². The van der Waals surface area contributed by atoms with Crippen LogP contribution in [0, 0.1) is 0 Å². The molecule has 16 heavy (non-hydrogen) atoms. The smallest absolute Gasteiger partial charge is 0.122 e. The first-order chi connectivity index (χ1) is 7.34. The zero-order chi connectivity index (χ0) is 12.3. The topological polar surface area (TPSA) is 29.5 Å². The Morgan fingerprint density at radius 1 is 1.31 bits per heavy atom. The first kappa shape index (κ1) is 13.0. The fourth-order valence-corrected chi connectivity index (χ4v) is 1.72. The number of aliphatic hydroxyl groups is 1. The molecule has 0 aliphatic carbocycles. The van der Waals surface area contributed by atoms with Crippen LogP contribution < -0.4 is 4.74 Å². The predicted octanol–water partition coefficient (Wildman–Crippen LogP) is 2.92. The second-order valence-electron chi connectivity index (χ2n) is 5.33. The lowest BCUT2D eigenvalue weighted by Gasteiger charge is -2.21. The fraction of sp³-hybridized carbons (Fsp3) is 0.571. The number of hydrogen-bond donors (Lipinski definition) is 1. The van der Waals surface area contributed by atoms with Crippen LogP contribution in [0.1, 0.15) is 38.8 Å². The molecule has 0 spiro atoms. The lowest BCUT2D eigenvalue weighted by molar-refractivity contribution is 0.194. The van der Waals surface area contributed by atoms with Crippen molar-refractivity contribution in [2.24, 2.45) is 0 Å². The van der Waals surface area contributed by atoms with Gasteiger partial charge in [0.25, 0.3) is 0 Å². The van der Waals surface area contributed by atoms with Gasteiger partial charge in [0.1, 0.15) is 5.75 Å². The predicted molar refractivity (Wildman–Crippen MR) is 67.1 cm³/mol. The molecule has 1 rings (SSSR count). The molecular weight excluding hydrogens is 200 g/mol. The van der Waals surface area contributed by atoms with Crippen LogP contribution in [-0.4, -0.2) is 18.3 Å². The van der Waals surface area contributed by atoms with Crippen molar-refractivity contribution in [3.8, 4) is 5.75 Å². The van der Waals surface area contributed by atoms with Gasteiger partial charge in [-0.3, -0.25) is 0 Å². The summed E-state index contributed by atoms with van der Waals surface area (Å²) < 4.78 is 5.30. The van der Waals surface area contributed by atoms with Crippen molar-refractivity contribution in [2.75, 3.05) is 7.11 Å². The van der Waals surface area contributed by atoms with Crippen molar-refractivity contribution in [1.29, 1.82) is 0 Å². The van der Waals surface area contributed by atoms with Crippen LogP contribution in [-0.2, 0) is 11.8 Å².